The fourth-order valence-electron chi connectivity index (χ4n) is 12.3. The average Bonchev–Trinajstić information content (AvgIpc) is 3.95. The molecule has 0 saturated carbocycles. The Balaban J connectivity index is 1.10. The SMILES string of the molecule is CC(C)(C)c1ccc2c(c1)C1(c3ccccc3-c3ccc(N(c4ccccc4)c4ccccc4)cc31)c1cc(N(c3ccc4c(c3)C(C)(C)c3ccccc3-4)c3ccccc3-c3ccccc3)ccc1-2. The first kappa shape index (κ1) is 41.9. The molecule has 0 amide bonds. The topological polar surface area (TPSA) is 6.48 Å². The summed E-state index contributed by atoms with van der Waals surface area (Å²) in [5.41, 5.74) is 25.4. The minimum Gasteiger partial charge on any atom is -0.310 e. The molecule has 1 unspecified atom stereocenters. The Morgan fingerprint density at radius 2 is 0.700 bits per heavy atom. The lowest BCUT2D eigenvalue weighted by Crippen LogP contribution is -2.27. The monoisotopic (exact) mass is 898 g/mol. The zero-order valence-corrected chi connectivity index (χ0v) is 40.4. The van der Waals surface area contributed by atoms with E-state index in [2.05, 4.69) is 281 Å². The summed E-state index contributed by atoms with van der Waals surface area (Å²) >= 11 is 0. The van der Waals surface area contributed by atoms with E-state index in [0.29, 0.717) is 0 Å². The summed E-state index contributed by atoms with van der Waals surface area (Å²) in [4.78, 5) is 4.94. The fourth-order valence-corrected chi connectivity index (χ4v) is 12.3. The molecule has 3 aliphatic rings. The van der Waals surface area contributed by atoms with E-state index in [1.165, 1.54) is 83.5 Å². The van der Waals surface area contributed by atoms with Gasteiger partial charge in [-0.15, -0.1) is 0 Å². The van der Waals surface area contributed by atoms with Crippen LogP contribution in [0.25, 0.3) is 44.5 Å². The van der Waals surface area contributed by atoms with Crippen LogP contribution in [0.1, 0.15) is 73.6 Å². The molecule has 3 aliphatic carbocycles. The van der Waals surface area contributed by atoms with Crippen molar-refractivity contribution >= 4 is 34.1 Å². The van der Waals surface area contributed by atoms with Crippen LogP contribution in [0, 0.1) is 0 Å². The van der Waals surface area contributed by atoms with Gasteiger partial charge in [0.2, 0.25) is 0 Å². The summed E-state index contributed by atoms with van der Waals surface area (Å²) in [6, 6.07) is 88.6. The van der Waals surface area contributed by atoms with Gasteiger partial charge in [0.05, 0.1) is 11.1 Å². The quantitative estimate of drug-likeness (QED) is 0.157. The number of fused-ring (bicyclic) bond motifs is 13. The van der Waals surface area contributed by atoms with Crippen molar-refractivity contribution in [2.75, 3.05) is 9.80 Å². The van der Waals surface area contributed by atoms with Gasteiger partial charge in [-0.05, 0) is 150 Å². The van der Waals surface area contributed by atoms with Crippen LogP contribution >= 0.6 is 0 Å². The van der Waals surface area contributed by atoms with Crippen molar-refractivity contribution < 1.29 is 0 Å². The predicted molar refractivity (Wildman–Crippen MR) is 294 cm³/mol. The van der Waals surface area contributed by atoms with E-state index in [4.69, 9.17) is 0 Å². The van der Waals surface area contributed by atoms with Gasteiger partial charge in [0.15, 0.2) is 0 Å². The first-order valence-electron chi connectivity index (χ1n) is 24.8. The predicted octanol–water partition coefficient (Wildman–Crippen LogP) is 18.2. The highest BCUT2D eigenvalue weighted by molar-refractivity contribution is 5.99. The first-order chi connectivity index (χ1) is 34.1. The molecule has 0 saturated heterocycles. The Hall–Kier alpha value is -8.20. The third-order valence-electron chi connectivity index (χ3n) is 15.6. The molecule has 0 N–H and O–H groups in total. The smallest absolute Gasteiger partial charge is 0.0727 e. The van der Waals surface area contributed by atoms with Crippen LogP contribution in [0.2, 0.25) is 0 Å². The summed E-state index contributed by atoms with van der Waals surface area (Å²) < 4.78 is 0. The van der Waals surface area contributed by atoms with E-state index in [1.54, 1.807) is 0 Å². The van der Waals surface area contributed by atoms with Gasteiger partial charge in [0.1, 0.15) is 0 Å². The zero-order chi connectivity index (χ0) is 47.4. The maximum absolute atomic E-state index is 2.55. The number of benzene rings is 10. The van der Waals surface area contributed by atoms with Gasteiger partial charge in [-0.2, -0.15) is 0 Å². The van der Waals surface area contributed by atoms with Crippen LogP contribution in [-0.2, 0) is 16.2 Å². The maximum Gasteiger partial charge on any atom is 0.0727 e. The van der Waals surface area contributed by atoms with Gasteiger partial charge in [-0.25, -0.2) is 0 Å². The molecule has 1 atom stereocenters. The van der Waals surface area contributed by atoms with Crippen molar-refractivity contribution in [3.05, 3.63) is 276 Å². The number of para-hydroxylation sites is 3. The summed E-state index contributed by atoms with van der Waals surface area (Å²) in [5.74, 6) is 0. The normalized spacial score (nSPS) is 15.4. The van der Waals surface area contributed by atoms with Gasteiger partial charge >= 0.3 is 0 Å². The van der Waals surface area contributed by atoms with Gasteiger partial charge in [-0.1, -0.05) is 204 Å². The van der Waals surface area contributed by atoms with E-state index < -0.39 is 5.41 Å². The van der Waals surface area contributed by atoms with Gasteiger partial charge in [0, 0.05) is 39.4 Å². The van der Waals surface area contributed by atoms with Crippen molar-refractivity contribution in [1.29, 1.82) is 0 Å². The largest absolute Gasteiger partial charge is 0.310 e. The minimum absolute atomic E-state index is 0.0602. The van der Waals surface area contributed by atoms with Crippen LogP contribution in [0.5, 0.6) is 0 Å². The maximum atomic E-state index is 2.55. The summed E-state index contributed by atoms with van der Waals surface area (Å²) in [6.45, 7) is 11.8. The number of hydrogen-bond acceptors (Lipinski definition) is 2. The number of anilines is 6. The van der Waals surface area contributed by atoms with E-state index in [9.17, 15) is 0 Å². The number of nitrogens with zero attached hydrogens (tertiary/aromatic N) is 2. The molecule has 2 nitrogen and oxygen atoms in total. The molecule has 0 fully saturated rings. The Bertz CT molecular complexity index is 3630. The Morgan fingerprint density at radius 3 is 1.27 bits per heavy atom. The summed E-state index contributed by atoms with van der Waals surface area (Å²) in [5, 5.41) is 0. The van der Waals surface area contributed by atoms with Crippen LogP contribution in [0.3, 0.4) is 0 Å². The van der Waals surface area contributed by atoms with Crippen molar-refractivity contribution in [1.82, 2.24) is 0 Å². The molecule has 1 spiro atoms. The lowest BCUT2D eigenvalue weighted by molar-refractivity contribution is 0.588. The van der Waals surface area contributed by atoms with Crippen molar-refractivity contribution in [3.63, 3.8) is 0 Å². The van der Waals surface area contributed by atoms with Crippen molar-refractivity contribution in [3.8, 4) is 44.5 Å². The lowest BCUT2D eigenvalue weighted by Gasteiger charge is -2.34. The highest BCUT2D eigenvalue weighted by Gasteiger charge is 2.52. The second-order valence-corrected chi connectivity index (χ2v) is 20.9. The first-order valence-corrected chi connectivity index (χ1v) is 24.8. The molecule has 336 valence electrons. The lowest BCUT2D eigenvalue weighted by atomic mass is 9.69. The van der Waals surface area contributed by atoms with Crippen LogP contribution in [0.15, 0.2) is 237 Å². The third-order valence-corrected chi connectivity index (χ3v) is 15.6. The Morgan fingerprint density at radius 1 is 0.300 bits per heavy atom. The molecule has 0 radical (unpaired) electrons. The zero-order valence-electron chi connectivity index (χ0n) is 40.4. The molecule has 2 heteroatoms. The second-order valence-electron chi connectivity index (χ2n) is 20.9. The Labute approximate surface area is 412 Å². The molecule has 70 heavy (non-hydrogen) atoms. The summed E-state index contributed by atoms with van der Waals surface area (Å²) in [6.07, 6.45) is 0. The molecule has 0 heterocycles. The Kier molecular flexibility index (Phi) is 9.39. The van der Waals surface area contributed by atoms with Gasteiger partial charge < -0.3 is 9.80 Å². The molecule has 10 aromatic carbocycles. The molecule has 0 aromatic heterocycles. The number of rotatable bonds is 7. The molecule has 13 rings (SSSR count). The van der Waals surface area contributed by atoms with E-state index in [0.717, 1.165) is 34.1 Å². The van der Waals surface area contributed by atoms with Crippen LogP contribution < -0.4 is 9.80 Å². The van der Waals surface area contributed by atoms with Gasteiger partial charge in [-0.3, -0.25) is 0 Å². The molecular weight excluding hydrogens is 845 g/mol. The molecule has 0 bridgehead atoms. The number of hydrogen-bond donors (Lipinski definition) is 0. The summed E-state index contributed by atoms with van der Waals surface area (Å²) in [7, 11) is 0. The van der Waals surface area contributed by atoms with E-state index in [-0.39, 0.29) is 10.8 Å². The van der Waals surface area contributed by atoms with Crippen molar-refractivity contribution in [2.45, 2.75) is 50.9 Å². The van der Waals surface area contributed by atoms with Crippen LogP contribution in [-0.4, -0.2) is 0 Å². The highest BCUT2D eigenvalue weighted by Crippen LogP contribution is 2.65. The average molecular weight is 899 g/mol. The molecule has 0 aliphatic heterocycles. The van der Waals surface area contributed by atoms with E-state index in [1.807, 2.05) is 0 Å². The van der Waals surface area contributed by atoms with E-state index >= 15 is 0 Å². The minimum atomic E-state index is -0.616. The second kappa shape index (κ2) is 15.7. The standard InChI is InChI=1S/C68H54N2/c1-66(2,3)46-33-37-56-58-40-36-51(70(65-32-20-17-27-52(65)45-21-9-6-10-22-45)50-35-38-55-53-28-15-18-30-59(53)67(4,5)61(55)42-50)44-64(58)68(62(56)41-46)60-31-19-16-29-54(60)57-39-34-49(43-63(57)68)69(47-23-11-7-12-24-47)48-25-13-8-14-26-48/h6-44H,1-5H3. The fraction of sp³-hybridized carbons (Fsp3) is 0.118. The molecular formula is C68H54N2. The molecule has 10 aromatic rings. The van der Waals surface area contributed by atoms with Crippen molar-refractivity contribution in [2.24, 2.45) is 0 Å². The third kappa shape index (κ3) is 6.19. The van der Waals surface area contributed by atoms with Gasteiger partial charge in [0.25, 0.3) is 0 Å². The van der Waals surface area contributed by atoms with Crippen LogP contribution in [0.4, 0.5) is 34.1 Å². The highest BCUT2D eigenvalue weighted by atomic mass is 15.1.